The third-order valence-electron chi connectivity index (χ3n) is 6.08. The van der Waals surface area contributed by atoms with Crippen LogP contribution in [-0.2, 0) is 14.6 Å². The molecule has 0 saturated carbocycles. The zero-order valence-electron chi connectivity index (χ0n) is 20.1. The number of methoxy groups -OCH3 is 1. The van der Waals surface area contributed by atoms with Crippen molar-refractivity contribution in [3.8, 4) is 11.4 Å². The number of aromatic nitrogens is 2. The summed E-state index contributed by atoms with van der Waals surface area (Å²) in [4.78, 5) is 33.2. The first-order valence-corrected chi connectivity index (χ1v) is 14.3. The standard InChI is InChI=1S/C25H29N3O5S2/c1-4-12-27(18-11-13-35(31,32)16-18)23(29)15-34-25-26-20-8-6-5-7-19(20)24(30)28(25)21-14-17(2)9-10-22(21)33-3/h5-10,14,18H,4,11-13,15-16H2,1-3H3/t18-/m1/s1. The molecule has 1 aliphatic heterocycles. The van der Waals surface area contributed by atoms with Crippen LogP contribution >= 0.6 is 11.8 Å². The zero-order valence-corrected chi connectivity index (χ0v) is 21.7. The molecule has 0 aliphatic carbocycles. The van der Waals surface area contributed by atoms with Gasteiger partial charge in [-0.3, -0.25) is 14.2 Å². The molecule has 186 valence electrons. The van der Waals surface area contributed by atoms with Crippen LogP contribution in [0.2, 0.25) is 0 Å². The van der Waals surface area contributed by atoms with E-state index in [1.54, 1.807) is 36.3 Å². The van der Waals surface area contributed by atoms with E-state index in [-0.39, 0.29) is 34.8 Å². The maximum atomic E-state index is 13.6. The smallest absolute Gasteiger partial charge is 0.266 e. The minimum Gasteiger partial charge on any atom is -0.495 e. The van der Waals surface area contributed by atoms with E-state index in [4.69, 9.17) is 9.72 Å². The lowest BCUT2D eigenvalue weighted by Crippen LogP contribution is -2.42. The Morgan fingerprint density at radius 3 is 2.71 bits per heavy atom. The van der Waals surface area contributed by atoms with Gasteiger partial charge in [-0.2, -0.15) is 0 Å². The van der Waals surface area contributed by atoms with Crippen LogP contribution in [0, 0.1) is 6.92 Å². The number of thioether (sulfide) groups is 1. The maximum Gasteiger partial charge on any atom is 0.266 e. The Labute approximate surface area is 209 Å². The zero-order chi connectivity index (χ0) is 25.2. The molecule has 0 bridgehead atoms. The quantitative estimate of drug-likeness (QED) is 0.336. The van der Waals surface area contributed by atoms with Crippen LogP contribution in [0.25, 0.3) is 16.6 Å². The lowest BCUT2D eigenvalue weighted by Gasteiger charge is -2.28. The Morgan fingerprint density at radius 1 is 1.26 bits per heavy atom. The molecule has 2 heterocycles. The summed E-state index contributed by atoms with van der Waals surface area (Å²) < 4.78 is 31.0. The minimum atomic E-state index is -3.12. The number of aryl methyl sites for hydroxylation is 1. The second kappa shape index (κ2) is 10.4. The van der Waals surface area contributed by atoms with Crippen LogP contribution in [0.4, 0.5) is 0 Å². The number of ether oxygens (including phenoxy) is 1. The van der Waals surface area contributed by atoms with Gasteiger partial charge < -0.3 is 9.64 Å². The van der Waals surface area contributed by atoms with E-state index in [0.717, 1.165) is 12.0 Å². The predicted octanol–water partition coefficient (Wildman–Crippen LogP) is 3.22. The highest BCUT2D eigenvalue weighted by molar-refractivity contribution is 7.99. The Balaban J connectivity index is 1.72. The lowest BCUT2D eigenvalue weighted by atomic mass is 10.2. The van der Waals surface area contributed by atoms with E-state index < -0.39 is 9.84 Å². The number of sulfone groups is 1. The van der Waals surface area contributed by atoms with Gasteiger partial charge in [0.2, 0.25) is 5.91 Å². The van der Waals surface area contributed by atoms with E-state index in [1.807, 2.05) is 32.0 Å². The second-order valence-corrected chi connectivity index (χ2v) is 11.8. The molecule has 1 amide bonds. The molecule has 0 spiro atoms. The number of rotatable bonds is 8. The maximum absolute atomic E-state index is 13.6. The van der Waals surface area contributed by atoms with Crippen LogP contribution in [-0.4, -0.2) is 65.7 Å². The molecule has 0 radical (unpaired) electrons. The van der Waals surface area contributed by atoms with Crippen molar-refractivity contribution < 1.29 is 17.9 Å². The molecule has 1 saturated heterocycles. The first-order valence-electron chi connectivity index (χ1n) is 11.5. The molecule has 8 nitrogen and oxygen atoms in total. The molecule has 0 unspecified atom stereocenters. The van der Waals surface area contributed by atoms with Crippen molar-refractivity contribution in [1.82, 2.24) is 14.5 Å². The fraction of sp³-hybridized carbons (Fsp3) is 0.400. The van der Waals surface area contributed by atoms with Gasteiger partial charge in [0, 0.05) is 12.6 Å². The normalized spacial score (nSPS) is 16.9. The Bertz CT molecular complexity index is 1420. The Kier molecular flexibility index (Phi) is 7.51. The van der Waals surface area contributed by atoms with Gasteiger partial charge in [0.05, 0.1) is 41.0 Å². The molecule has 1 aliphatic rings. The second-order valence-electron chi connectivity index (χ2n) is 8.66. The third kappa shape index (κ3) is 5.38. The van der Waals surface area contributed by atoms with Gasteiger partial charge in [0.1, 0.15) is 5.75 Å². The van der Waals surface area contributed by atoms with Crippen LogP contribution < -0.4 is 10.3 Å². The summed E-state index contributed by atoms with van der Waals surface area (Å²) in [5.74, 6) is 0.506. The van der Waals surface area contributed by atoms with E-state index in [2.05, 4.69) is 0 Å². The number of benzene rings is 2. The molecule has 1 fully saturated rings. The number of carbonyl (C=O) groups is 1. The SMILES string of the molecule is CCCN(C(=O)CSc1nc2ccccc2c(=O)n1-c1cc(C)ccc1OC)[C@@H]1CCS(=O)(=O)C1. The molecule has 3 aromatic rings. The average Bonchev–Trinajstić information content (AvgIpc) is 3.20. The van der Waals surface area contributed by atoms with Crippen molar-refractivity contribution in [3.63, 3.8) is 0 Å². The number of hydrogen-bond acceptors (Lipinski definition) is 7. The van der Waals surface area contributed by atoms with Gasteiger partial charge in [-0.05, 0) is 49.6 Å². The van der Waals surface area contributed by atoms with Crippen LogP contribution in [0.5, 0.6) is 5.75 Å². The van der Waals surface area contributed by atoms with Crippen molar-refractivity contribution >= 4 is 38.4 Å². The average molecular weight is 516 g/mol. The predicted molar refractivity (Wildman–Crippen MR) is 138 cm³/mol. The molecule has 1 atom stereocenters. The first-order chi connectivity index (χ1) is 16.7. The van der Waals surface area contributed by atoms with E-state index >= 15 is 0 Å². The highest BCUT2D eigenvalue weighted by Gasteiger charge is 2.34. The highest BCUT2D eigenvalue weighted by Crippen LogP contribution is 2.29. The number of amides is 1. The molecule has 0 N–H and O–H groups in total. The first kappa shape index (κ1) is 25.2. The summed E-state index contributed by atoms with van der Waals surface area (Å²) >= 11 is 1.17. The summed E-state index contributed by atoms with van der Waals surface area (Å²) in [6.45, 7) is 4.38. The molecule has 2 aromatic carbocycles. The summed E-state index contributed by atoms with van der Waals surface area (Å²) in [5, 5.41) is 0.844. The van der Waals surface area contributed by atoms with E-state index in [1.165, 1.54) is 16.3 Å². The van der Waals surface area contributed by atoms with Gasteiger partial charge in [0.15, 0.2) is 15.0 Å². The molecule has 1 aromatic heterocycles. The van der Waals surface area contributed by atoms with Crippen molar-refractivity contribution in [1.29, 1.82) is 0 Å². The Morgan fingerprint density at radius 2 is 2.03 bits per heavy atom. The minimum absolute atomic E-state index is 0.00281. The summed E-state index contributed by atoms with van der Waals surface area (Å²) in [7, 11) is -1.57. The highest BCUT2D eigenvalue weighted by atomic mass is 32.2. The molecule has 35 heavy (non-hydrogen) atoms. The number of hydrogen-bond donors (Lipinski definition) is 0. The Hall–Kier alpha value is -2.85. The topological polar surface area (TPSA) is 98.6 Å². The van der Waals surface area contributed by atoms with Gasteiger partial charge in [-0.1, -0.05) is 36.9 Å². The van der Waals surface area contributed by atoms with E-state index in [0.29, 0.717) is 40.5 Å². The largest absolute Gasteiger partial charge is 0.495 e. The summed E-state index contributed by atoms with van der Waals surface area (Å²) in [5.41, 5.74) is 1.80. The van der Waals surface area contributed by atoms with Gasteiger partial charge in [0.25, 0.3) is 5.56 Å². The summed E-state index contributed by atoms with van der Waals surface area (Å²) in [6, 6.07) is 12.4. The van der Waals surface area contributed by atoms with Gasteiger partial charge >= 0.3 is 0 Å². The number of para-hydroxylation sites is 1. The molecular formula is C25H29N3O5S2. The summed E-state index contributed by atoms with van der Waals surface area (Å²) in [6.07, 6.45) is 1.19. The fourth-order valence-electron chi connectivity index (χ4n) is 4.38. The van der Waals surface area contributed by atoms with Gasteiger partial charge in [-0.25, -0.2) is 13.4 Å². The van der Waals surface area contributed by atoms with Crippen molar-refractivity contribution in [2.24, 2.45) is 0 Å². The molecule has 10 heteroatoms. The van der Waals surface area contributed by atoms with Crippen molar-refractivity contribution in [2.75, 3.05) is 30.9 Å². The molecular weight excluding hydrogens is 486 g/mol. The van der Waals surface area contributed by atoms with Crippen LogP contribution in [0.3, 0.4) is 0 Å². The number of carbonyl (C=O) groups excluding carboxylic acids is 1. The van der Waals surface area contributed by atoms with Crippen LogP contribution in [0.1, 0.15) is 25.3 Å². The molecule has 4 rings (SSSR count). The van der Waals surface area contributed by atoms with Gasteiger partial charge in [-0.15, -0.1) is 0 Å². The van der Waals surface area contributed by atoms with Crippen LogP contribution in [0.15, 0.2) is 52.4 Å². The van der Waals surface area contributed by atoms with Crippen molar-refractivity contribution in [3.05, 3.63) is 58.4 Å². The number of fused-ring (bicyclic) bond motifs is 1. The number of nitrogens with zero attached hydrogens (tertiary/aromatic N) is 3. The fourth-order valence-corrected chi connectivity index (χ4v) is 7.00. The third-order valence-corrected chi connectivity index (χ3v) is 8.75. The monoisotopic (exact) mass is 515 g/mol. The van der Waals surface area contributed by atoms with E-state index in [9.17, 15) is 18.0 Å². The van der Waals surface area contributed by atoms with Crippen molar-refractivity contribution in [2.45, 2.75) is 37.9 Å². The lowest BCUT2D eigenvalue weighted by molar-refractivity contribution is -0.130.